The number of hydrogen-bond acceptors (Lipinski definition) is 6. The van der Waals surface area contributed by atoms with Crippen molar-refractivity contribution >= 4 is 28.7 Å². The van der Waals surface area contributed by atoms with E-state index in [0.717, 1.165) is 56.3 Å². The SMILES string of the molecule is Cc1nc(C)c(CN2CCN(c3ccc(NC(=O)C4CC4)nc3)CC2)s1. The van der Waals surface area contributed by atoms with Gasteiger partial charge in [-0.15, -0.1) is 11.3 Å². The number of carbonyl (C=O) groups is 1. The summed E-state index contributed by atoms with van der Waals surface area (Å²) in [7, 11) is 0. The number of nitrogens with one attached hydrogen (secondary N) is 1. The molecule has 0 aromatic carbocycles. The summed E-state index contributed by atoms with van der Waals surface area (Å²) in [6, 6.07) is 3.97. The summed E-state index contributed by atoms with van der Waals surface area (Å²) < 4.78 is 0. The van der Waals surface area contributed by atoms with Crippen molar-refractivity contribution in [1.29, 1.82) is 0 Å². The molecule has 1 saturated heterocycles. The first kappa shape index (κ1) is 17.4. The predicted molar refractivity (Wildman–Crippen MR) is 105 cm³/mol. The summed E-state index contributed by atoms with van der Waals surface area (Å²) in [5.41, 5.74) is 2.29. The minimum absolute atomic E-state index is 0.104. The molecule has 0 radical (unpaired) electrons. The standard InChI is InChI=1S/C19H25N5OS/c1-13-17(26-14(2)21-13)12-23-7-9-24(10-8-23)16-5-6-18(20-11-16)22-19(25)15-3-4-15/h5-6,11,15H,3-4,7-10,12H2,1-2H3,(H,20,22,25). The molecule has 2 aromatic heterocycles. The Hall–Kier alpha value is -1.99. The van der Waals surface area contributed by atoms with Gasteiger partial charge in [0.05, 0.1) is 22.6 Å². The van der Waals surface area contributed by atoms with Gasteiger partial charge < -0.3 is 10.2 Å². The van der Waals surface area contributed by atoms with E-state index in [1.54, 1.807) is 0 Å². The highest BCUT2D eigenvalue weighted by atomic mass is 32.1. The number of carbonyl (C=O) groups excluding carboxylic acids is 1. The van der Waals surface area contributed by atoms with Crippen molar-refractivity contribution < 1.29 is 4.79 Å². The second-order valence-electron chi connectivity index (χ2n) is 7.17. The van der Waals surface area contributed by atoms with E-state index >= 15 is 0 Å². The van der Waals surface area contributed by atoms with Gasteiger partial charge >= 0.3 is 0 Å². The van der Waals surface area contributed by atoms with Gasteiger partial charge in [0, 0.05) is 43.5 Å². The van der Waals surface area contributed by atoms with E-state index in [1.165, 1.54) is 10.6 Å². The molecule has 1 aliphatic heterocycles. The van der Waals surface area contributed by atoms with Crippen molar-refractivity contribution in [3.05, 3.63) is 33.9 Å². The van der Waals surface area contributed by atoms with Crippen LogP contribution in [0.3, 0.4) is 0 Å². The highest BCUT2D eigenvalue weighted by molar-refractivity contribution is 7.11. The molecule has 7 heteroatoms. The van der Waals surface area contributed by atoms with Gasteiger partial charge in [-0.3, -0.25) is 9.69 Å². The topological polar surface area (TPSA) is 61.4 Å². The van der Waals surface area contributed by atoms with Gasteiger partial charge in [0.1, 0.15) is 5.82 Å². The zero-order valence-corrected chi connectivity index (χ0v) is 16.2. The lowest BCUT2D eigenvalue weighted by molar-refractivity contribution is -0.117. The largest absolute Gasteiger partial charge is 0.368 e. The molecule has 138 valence electrons. The van der Waals surface area contributed by atoms with Crippen molar-refractivity contribution in [3.63, 3.8) is 0 Å². The second kappa shape index (κ2) is 7.32. The van der Waals surface area contributed by atoms with Crippen LogP contribution in [0.25, 0.3) is 0 Å². The lowest BCUT2D eigenvalue weighted by Crippen LogP contribution is -2.46. The van der Waals surface area contributed by atoms with Gasteiger partial charge in [0.2, 0.25) is 5.91 Å². The van der Waals surface area contributed by atoms with Gasteiger partial charge in [-0.05, 0) is 38.8 Å². The summed E-state index contributed by atoms with van der Waals surface area (Å²) in [6.45, 7) is 9.23. The lowest BCUT2D eigenvalue weighted by Gasteiger charge is -2.35. The van der Waals surface area contributed by atoms with Crippen LogP contribution in [0.4, 0.5) is 11.5 Å². The molecule has 1 N–H and O–H groups in total. The van der Waals surface area contributed by atoms with Crippen LogP contribution in [0.15, 0.2) is 18.3 Å². The molecule has 0 atom stereocenters. The normalized spacial score (nSPS) is 18.2. The van der Waals surface area contributed by atoms with E-state index in [2.05, 4.69) is 45.0 Å². The van der Waals surface area contributed by atoms with Gasteiger partial charge in [-0.1, -0.05) is 0 Å². The summed E-state index contributed by atoms with van der Waals surface area (Å²) in [4.78, 5) is 27.0. The number of aromatic nitrogens is 2. The van der Waals surface area contributed by atoms with Crippen molar-refractivity contribution in [2.45, 2.75) is 33.2 Å². The molecule has 4 rings (SSSR count). The average Bonchev–Trinajstić information content (AvgIpc) is 3.43. The third-order valence-electron chi connectivity index (χ3n) is 5.05. The first-order chi connectivity index (χ1) is 12.6. The molecule has 1 amide bonds. The number of nitrogens with zero attached hydrogens (tertiary/aromatic N) is 4. The molecule has 0 unspecified atom stereocenters. The Morgan fingerprint density at radius 1 is 1.23 bits per heavy atom. The Morgan fingerprint density at radius 2 is 2.00 bits per heavy atom. The third kappa shape index (κ3) is 4.04. The molecule has 1 aliphatic carbocycles. The van der Waals surface area contributed by atoms with Crippen molar-refractivity contribution in [1.82, 2.24) is 14.9 Å². The van der Waals surface area contributed by atoms with Crippen LogP contribution in [0.1, 0.15) is 28.4 Å². The number of thiazole rings is 1. The van der Waals surface area contributed by atoms with Gasteiger partial charge in [-0.2, -0.15) is 0 Å². The van der Waals surface area contributed by atoms with Crippen LogP contribution >= 0.6 is 11.3 Å². The van der Waals surface area contributed by atoms with Crippen LogP contribution < -0.4 is 10.2 Å². The molecule has 2 aliphatic rings. The Bertz CT molecular complexity index is 776. The van der Waals surface area contributed by atoms with E-state index in [9.17, 15) is 4.79 Å². The number of pyridine rings is 1. The monoisotopic (exact) mass is 371 g/mol. The van der Waals surface area contributed by atoms with Crippen LogP contribution in [-0.4, -0.2) is 47.0 Å². The molecule has 0 spiro atoms. The second-order valence-corrected chi connectivity index (χ2v) is 8.46. The van der Waals surface area contributed by atoms with Crippen molar-refractivity contribution in [3.8, 4) is 0 Å². The van der Waals surface area contributed by atoms with E-state index < -0.39 is 0 Å². The van der Waals surface area contributed by atoms with Crippen LogP contribution in [-0.2, 0) is 11.3 Å². The van der Waals surface area contributed by atoms with Crippen molar-refractivity contribution in [2.24, 2.45) is 5.92 Å². The van der Waals surface area contributed by atoms with Crippen LogP contribution in [0, 0.1) is 19.8 Å². The molecule has 3 heterocycles. The van der Waals surface area contributed by atoms with E-state index in [0.29, 0.717) is 5.82 Å². The molecule has 1 saturated carbocycles. The number of aryl methyl sites for hydroxylation is 2. The fraction of sp³-hybridized carbons (Fsp3) is 0.526. The maximum atomic E-state index is 11.8. The van der Waals surface area contributed by atoms with E-state index in [1.807, 2.05) is 23.6 Å². The quantitative estimate of drug-likeness (QED) is 0.876. The number of rotatable bonds is 5. The first-order valence-electron chi connectivity index (χ1n) is 9.25. The number of amides is 1. The van der Waals surface area contributed by atoms with Crippen LogP contribution in [0.5, 0.6) is 0 Å². The van der Waals surface area contributed by atoms with Gasteiger partial charge in [0.25, 0.3) is 0 Å². The molecule has 2 fully saturated rings. The Kier molecular flexibility index (Phi) is 4.91. The molecular weight excluding hydrogens is 346 g/mol. The molecular formula is C19H25N5OS. The minimum atomic E-state index is 0.104. The highest BCUT2D eigenvalue weighted by Gasteiger charge is 2.29. The number of piperazine rings is 1. The zero-order chi connectivity index (χ0) is 18.1. The zero-order valence-electron chi connectivity index (χ0n) is 15.4. The van der Waals surface area contributed by atoms with E-state index in [4.69, 9.17) is 0 Å². The maximum absolute atomic E-state index is 11.8. The smallest absolute Gasteiger partial charge is 0.228 e. The van der Waals surface area contributed by atoms with Crippen molar-refractivity contribution in [2.75, 3.05) is 36.4 Å². The Morgan fingerprint density at radius 3 is 2.58 bits per heavy atom. The Balaban J connectivity index is 1.30. The first-order valence-corrected chi connectivity index (χ1v) is 10.1. The summed E-state index contributed by atoms with van der Waals surface area (Å²) in [5.74, 6) is 0.961. The molecule has 2 aromatic rings. The molecule has 6 nitrogen and oxygen atoms in total. The maximum Gasteiger partial charge on any atom is 0.228 e. The predicted octanol–water partition coefficient (Wildman–Crippen LogP) is 2.83. The van der Waals surface area contributed by atoms with Gasteiger partial charge in [-0.25, -0.2) is 9.97 Å². The highest BCUT2D eigenvalue weighted by Crippen LogP contribution is 2.30. The molecule has 0 bridgehead atoms. The average molecular weight is 372 g/mol. The van der Waals surface area contributed by atoms with Gasteiger partial charge in [0.15, 0.2) is 0 Å². The minimum Gasteiger partial charge on any atom is -0.368 e. The summed E-state index contributed by atoms with van der Waals surface area (Å²) in [5, 5.41) is 4.04. The van der Waals surface area contributed by atoms with E-state index in [-0.39, 0.29) is 11.8 Å². The fourth-order valence-corrected chi connectivity index (χ4v) is 4.29. The Labute approximate surface area is 158 Å². The number of anilines is 2. The molecule has 26 heavy (non-hydrogen) atoms. The lowest BCUT2D eigenvalue weighted by atomic mass is 10.2. The third-order valence-corrected chi connectivity index (χ3v) is 6.11. The summed E-state index contributed by atoms with van der Waals surface area (Å²) in [6.07, 6.45) is 3.89. The fourth-order valence-electron chi connectivity index (χ4n) is 3.31. The van der Waals surface area contributed by atoms with Crippen LogP contribution in [0.2, 0.25) is 0 Å². The summed E-state index contributed by atoms with van der Waals surface area (Å²) >= 11 is 1.81. The number of hydrogen-bond donors (Lipinski definition) is 1.